The minimum atomic E-state index is -6.20. The molecule has 4 aliphatic carbocycles. The minimum absolute atomic E-state index is 0.360. The molecular weight excluding hydrogens is 473 g/mol. The van der Waals surface area contributed by atoms with Crippen LogP contribution >= 0.6 is 0 Å². The van der Waals surface area contributed by atoms with E-state index in [1.807, 2.05) is 0 Å². The van der Waals surface area contributed by atoms with Gasteiger partial charge in [0.1, 0.15) is 0 Å². The number of esters is 1. The van der Waals surface area contributed by atoms with Gasteiger partial charge in [0.2, 0.25) is 0 Å². The minimum Gasteiger partial charge on any atom is -0.460 e. The van der Waals surface area contributed by atoms with Crippen LogP contribution in [0.5, 0.6) is 0 Å². The molecule has 0 atom stereocenters. The lowest BCUT2D eigenvalue weighted by Gasteiger charge is -2.56. The van der Waals surface area contributed by atoms with E-state index in [1.165, 1.54) is 18.2 Å². The summed E-state index contributed by atoms with van der Waals surface area (Å²) < 4.78 is 101. The van der Waals surface area contributed by atoms with Gasteiger partial charge in [-0.15, -0.1) is 0 Å². The summed E-state index contributed by atoms with van der Waals surface area (Å²) in [6, 6.07) is 5.70. The number of hydrogen-bond donors (Lipinski definition) is 0. The third-order valence-electron chi connectivity index (χ3n) is 6.77. The van der Waals surface area contributed by atoms with Crippen molar-refractivity contribution in [2.24, 2.45) is 28.3 Å². The molecule has 12 heteroatoms. The van der Waals surface area contributed by atoms with Crippen molar-refractivity contribution < 1.29 is 44.2 Å². The summed E-state index contributed by atoms with van der Waals surface area (Å²) in [6.45, 7) is -0.360. The topological polar surface area (TPSA) is 82.0 Å². The number of oxime groups is 1. The van der Waals surface area contributed by atoms with E-state index in [4.69, 9.17) is 4.74 Å². The number of ether oxygens (including phenoxy) is 1. The van der Waals surface area contributed by atoms with Crippen LogP contribution in [-0.2, 0) is 23.9 Å². The van der Waals surface area contributed by atoms with Gasteiger partial charge in [0, 0.05) is 11.0 Å². The third kappa shape index (κ3) is 4.71. The summed E-state index contributed by atoms with van der Waals surface area (Å²) >= 11 is 0. The lowest BCUT2D eigenvalue weighted by Crippen LogP contribution is -2.49. The summed E-state index contributed by atoms with van der Waals surface area (Å²) in [5, 5.41) is -2.81. The number of rotatable bonds is 7. The number of carbonyl (C=O) groups is 1. The Morgan fingerprint density at radius 2 is 1.48 bits per heavy atom. The average Bonchev–Trinajstić information content (AvgIpc) is 2.70. The Labute approximate surface area is 187 Å². The van der Waals surface area contributed by atoms with Gasteiger partial charge in [-0.3, -0.25) is 4.28 Å². The maximum absolute atomic E-state index is 14.4. The quantitative estimate of drug-likeness (QED) is 0.238. The maximum Gasteiger partial charge on any atom is 0.478 e. The first kappa shape index (κ1) is 23.9. The molecule has 182 valence electrons. The summed E-state index contributed by atoms with van der Waals surface area (Å²) in [6.07, 6.45) is 0.142. The van der Waals surface area contributed by atoms with Crippen LogP contribution in [0.4, 0.5) is 22.0 Å². The largest absolute Gasteiger partial charge is 0.478 e. The van der Waals surface area contributed by atoms with E-state index in [-0.39, 0.29) is 6.61 Å². The molecule has 0 amide bonds. The Bertz CT molecular complexity index is 1000. The van der Waals surface area contributed by atoms with Gasteiger partial charge in [0.15, 0.2) is 5.71 Å². The summed E-state index contributed by atoms with van der Waals surface area (Å²) in [7, 11) is -6.20. The first-order valence-electron chi connectivity index (χ1n) is 10.5. The highest BCUT2D eigenvalue weighted by Crippen LogP contribution is 2.60. The normalized spacial score (nSPS) is 29.7. The highest BCUT2D eigenvalue weighted by Gasteiger charge is 2.59. The zero-order valence-electron chi connectivity index (χ0n) is 17.4. The Morgan fingerprint density at radius 3 is 1.97 bits per heavy atom. The Hall–Kier alpha value is -2.24. The summed E-state index contributed by atoms with van der Waals surface area (Å²) in [4.78, 5) is 12.0. The molecule has 33 heavy (non-hydrogen) atoms. The highest BCUT2D eigenvalue weighted by molar-refractivity contribution is 7.88. The molecule has 0 heterocycles. The van der Waals surface area contributed by atoms with E-state index in [1.54, 1.807) is 0 Å². The first-order chi connectivity index (χ1) is 15.3. The molecule has 4 bridgehead atoms. The molecule has 0 aromatic heterocycles. The van der Waals surface area contributed by atoms with Gasteiger partial charge in [-0.25, -0.2) is 4.79 Å². The van der Waals surface area contributed by atoms with Crippen LogP contribution < -0.4 is 0 Å². The second-order valence-corrected chi connectivity index (χ2v) is 10.9. The van der Waals surface area contributed by atoms with Crippen molar-refractivity contribution in [3.8, 4) is 0 Å². The monoisotopic (exact) mass is 495 g/mol. The molecule has 0 N–H and O–H groups in total. The SMILES string of the molecule is O=C(OCC12CC3CC(CC(C3)C1)C2)C(F)(F)S(=O)(=O)O/N=C(/c1ccccc1)C(F)(F)F. The third-order valence-corrected chi connectivity index (χ3v) is 7.83. The molecule has 4 aliphatic rings. The maximum atomic E-state index is 14.4. The fourth-order valence-electron chi connectivity index (χ4n) is 5.87. The van der Waals surface area contributed by atoms with Crippen molar-refractivity contribution in [2.75, 3.05) is 6.61 Å². The number of alkyl halides is 5. The average molecular weight is 495 g/mol. The van der Waals surface area contributed by atoms with Gasteiger partial charge < -0.3 is 4.74 Å². The second-order valence-electron chi connectivity index (χ2n) is 9.34. The Balaban J connectivity index is 1.46. The van der Waals surface area contributed by atoms with Crippen LogP contribution in [0.15, 0.2) is 35.5 Å². The molecule has 4 fully saturated rings. The number of halogens is 5. The van der Waals surface area contributed by atoms with Crippen LogP contribution in [-0.4, -0.2) is 38.1 Å². The molecule has 0 saturated heterocycles. The molecule has 0 unspecified atom stereocenters. The molecule has 1 aromatic rings. The van der Waals surface area contributed by atoms with Gasteiger partial charge in [-0.2, -0.15) is 30.4 Å². The smallest absolute Gasteiger partial charge is 0.460 e. The van der Waals surface area contributed by atoms with E-state index in [2.05, 4.69) is 9.44 Å². The molecule has 4 saturated carbocycles. The van der Waals surface area contributed by atoms with Crippen molar-refractivity contribution in [1.82, 2.24) is 0 Å². The van der Waals surface area contributed by atoms with Crippen molar-refractivity contribution >= 4 is 21.8 Å². The van der Waals surface area contributed by atoms with Gasteiger partial charge >= 0.3 is 27.5 Å². The zero-order valence-corrected chi connectivity index (χ0v) is 18.2. The molecule has 5 rings (SSSR count). The number of carbonyl (C=O) groups excluding carboxylic acids is 1. The highest BCUT2D eigenvalue weighted by atomic mass is 32.2. The predicted octanol–water partition coefficient (Wildman–Crippen LogP) is 4.65. The van der Waals surface area contributed by atoms with Crippen LogP contribution in [0.25, 0.3) is 0 Å². The molecule has 0 spiro atoms. The first-order valence-corrected chi connectivity index (χ1v) is 11.9. The lowest BCUT2D eigenvalue weighted by atomic mass is 9.50. The van der Waals surface area contributed by atoms with Gasteiger partial charge in [-0.05, 0) is 56.3 Å². The number of nitrogens with zero attached hydrogens (tertiary/aromatic N) is 1. The van der Waals surface area contributed by atoms with Gasteiger partial charge in [0.25, 0.3) is 0 Å². The molecule has 0 aliphatic heterocycles. The molecule has 6 nitrogen and oxygen atoms in total. The number of hydrogen-bond acceptors (Lipinski definition) is 6. The zero-order chi connectivity index (χ0) is 24.1. The lowest BCUT2D eigenvalue weighted by molar-refractivity contribution is -0.172. The van der Waals surface area contributed by atoms with E-state index < -0.39 is 44.2 Å². The van der Waals surface area contributed by atoms with Crippen molar-refractivity contribution in [2.45, 2.75) is 50.0 Å². The Kier molecular flexibility index (Phi) is 5.95. The predicted molar refractivity (Wildman–Crippen MR) is 106 cm³/mol. The van der Waals surface area contributed by atoms with Gasteiger partial charge in [-0.1, -0.05) is 35.5 Å². The Morgan fingerprint density at radius 1 is 0.970 bits per heavy atom. The summed E-state index contributed by atoms with van der Waals surface area (Å²) in [5.74, 6) is -1.07. The standard InChI is InChI=1S/C21H22F5NO5S/c22-20(23,24)17(16-4-2-1-3-5-16)27-32-33(29,30)21(25,26)18(28)31-12-19-9-13-6-14(10-19)8-15(7-13)11-19/h1-5,13-15H,6-12H2/b27-17-. The van der Waals surface area contributed by atoms with Crippen molar-refractivity contribution in [3.63, 3.8) is 0 Å². The van der Waals surface area contributed by atoms with Crippen LogP contribution in [0.1, 0.15) is 44.1 Å². The van der Waals surface area contributed by atoms with Gasteiger partial charge in [0.05, 0.1) is 6.61 Å². The molecule has 0 radical (unpaired) electrons. The van der Waals surface area contributed by atoms with Crippen LogP contribution in [0.3, 0.4) is 0 Å². The van der Waals surface area contributed by atoms with E-state index in [0.717, 1.165) is 50.7 Å². The van der Waals surface area contributed by atoms with Crippen molar-refractivity contribution in [1.29, 1.82) is 0 Å². The van der Waals surface area contributed by atoms with Crippen LogP contribution in [0.2, 0.25) is 0 Å². The summed E-state index contributed by atoms with van der Waals surface area (Å²) in [5.41, 5.74) is -2.91. The molecule has 1 aromatic carbocycles. The molecular formula is C21H22F5NO5S. The van der Waals surface area contributed by atoms with E-state index in [0.29, 0.717) is 17.8 Å². The fraction of sp³-hybridized carbons (Fsp3) is 0.619. The van der Waals surface area contributed by atoms with E-state index in [9.17, 15) is 35.2 Å². The second kappa shape index (κ2) is 8.21. The van der Waals surface area contributed by atoms with Crippen LogP contribution in [0, 0.1) is 23.2 Å². The van der Waals surface area contributed by atoms with Crippen molar-refractivity contribution in [3.05, 3.63) is 35.9 Å². The fourth-order valence-corrected chi connectivity index (χ4v) is 6.40. The number of benzene rings is 1. The van der Waals surface area contributed by atoms with E-state index >= 15 is 0 Å².